The van der Waals surface area contributed by atoms with Gasteiger partial charge >= 0.3 is 5.69 Å². The highest BCUT2D eigenvalue weighted by atomic mass is 16.6. The third-order valence-corrected chi connectivity index (χ3v) is 3.64. The number of rotatable bonds is 5. The molecule has 122 valence electrons. The molecule has 0 fully saturated rings. The summed E-state index contributed by atoms with van der Waals surface area (Å²) in [7, 11) is 3.01. The van der Waals surface area contributed by atoms with E-state index in [-0.39, 0.29) is 11.4 Å². The topological polar surface area (TPSA) is 74.7 Å². The van der Waals surface area contributed by atoms with Gasteiger partial charge in [-0.2, -0.15) is 0 Å². The van der Waals surface area contributed by atoms with E-state index in [0.29, 0.717) is 17.1 Å². The van der Waals surface area contributed by atoms with Crippen LogP contribution >= 0.6 is 0 Å². The van der Waals surface area contributed by atoms with Crippen molar-refractivity contribution in [2.24, 2.45) is 0 Å². The molecule has 1 aromatic heterocycles. The molecule has 0 saturated heterocycles. The lowest BCUT2D eigenvalue weighted by molar-refractivity contribution is -0.385. The molecule has 1 heterocycles. The molecule has 0 bridgehead atoms. The molecule has 24 heavy (non-hydrogen) atoms. The Labute approximate surface area is 138 Å². The summed E-state index contributed by atoms with van der Waals surface area (Å²) in [6.45, 7) is 0. The standard InChI is InChI=1S/C18H15NO5/c1-22-14-6-3-12(4-7-14)16-9-10-17(24-16)13-5-8-18(23-2)15(11-13)19(20)21/h3-11H,1-2H3. The molecule has 3 aromatic rings. The molecule has 0 amide bonds. The van der Waals surface area contributed by atoms with E-state index in [0.717, 1.165) is 11.3 Å². The average molecular weight is 325 g/mol. The lowest BCUT2D eigenvalue weighted by Crippen LogP contribution is -1.93. The van der Waals surface area contributed by atoms with Gasteiger partial charge in [-0.15, -0.1) is 0 Å². The molecule has 0 aliphatic heterocycles. The number of ether oxygens (including phenoxy) is 2. The van der Waals surface area contributed by atoms with Crippen LogP contribution in [-0.4, -0.2) is 19.1 Å². The van der Waals surface area contributed by atoms with E-state index in [1.807, 2.05) is 30.3 Å². The quantitative estimate of drug-likeness (QED) is 0.508. The van der Waals surface area contributed by atoms with Crippen molar-refractivity contribution in [2.75, 3.05) is 14.2 Å². The van der Waals surface area contributed by atoms with Gasteiger partial charge in [0.25, 0.3) is 0 Å². The predicted molar refractivity (Wildman–Crippen MR) is 89.3 cm³/mol. The monoisotopic (exact) mass is 325 g/mol. The molecule has 3 rings (SSSR count). The smallest absolute Gasteiger partial charge is 0.311 e. The summed E-state index contributed by atoms with van der Waals surface area (Å²) in [6.07, 6.45) is 0. The summed E-state index contributed by atoms with van der Waals surface area (Å²) in [5.41, 5.74) is 1.41. The van der Waals surface area contributed by atoms with Gasteiger partial charge in [-0.25, -0.2) is 0 Å². The van der Waals surface area contributed by atoms with Crippen LogP contribution in [0, 0.1) is 10.1 Å². The summed E-state index contributed by atoms with van der Waals surface area (Å²) < 4.78 is 16.0. The van der Waals surface area contributed by atoms with Crippen LogP contribution in [0.3, 0.4) is 0 Å². The number of furan rings is 1. The van der Waals surface area contributed by atoms with Crippen molar-refractivity contribution in [2.45, 2.75) is 0 Å². The van der Waals surface area contributed by atoms with E-state index in [1.54, 1.807) is 25.3 Å². The Morgan fingerprint density at radius 2 is 1.50 bits per heavy atom. The van der Waals surface area contributed by atoms with Crippen molar-refractivity contribution in [3.8, 4) is 34.1 Å². The van der Waals surface area contributed by atoms with E-state index in [1.165, 1.54) is 13.2 Å². The maximum absolute atomic E-state index is 11.1. The number of hydrogen-bond acceptors (Lipinski definition) is 5. The normalized spacial score (nSPS) is 10.4. The van der Waals surface area contributed by atoms with Crippen LogP contribution in [0.1, 0.15) is 0 Å². The van der Waals surface area contributed by atoms with Crippen molar-refractivity contribution < 1.29 is 18.8 Å². The first-order chi connectivity index (χ1) is 11.6. The number of methoxy groups -OCH3 is 2. The Kier molecular flexibility index (Phi) is 4.20. The van der Waals surface area contributed by atoms with Crippen LogP contribution < -0.4 is 9.47 Å². The van der Waals surface area contributed by atoms with Crippen LogP contribution in [0.5, 0.6) is 11.5 Å². The minimum atomic E-state index is -0.477. The van der Waals surface area contributed by atoms with Crippen molar-refractivity contribution in [1.82, 2.24) is 0 Å². The van der Waals surface area contributed by atoms with Gasteiger partial charge < -0.3 is 13.9 Å². The fourth-order valence-corrected chi connectivity index (χ4v) is 2.39. The molecule has 0 spiro atoms. The van der Waals surface area contributed by atoms with E-state index in [4.69, 9.17) is 13.9 Å². The molecule has 6 heteroatoms. The average Bonchev–Trinajstić information content (AvgIpc) is 3.11. The largest absolute Gasteiger partial charge is 0.497 e. The van der Waals surface area contributed by atoms with Crippen LogP contribution in [0.15, 0.2) is 59.0 Å². The zero-order valence-electron chi connectivity index (χ0n) is 13.2. The highest BCUT2D eigenvalue weighted by molar-refractivity contribution is 5.68. The Hall–Kier alpha value is -3.28. The van der Waals surface area contributed by atoms with Gasteiger partial charge in [-0.05, 0) is 48.5 Å². The maximum Gasteiger partial charge on any atom is 0.311 e. The number of nitro benzene ring substituents is 1. The van der Waals surface area contributed by atoms with Gasteiger partial charge in [-0.3, -0.25) is 10.1 Å². The van der Waals surface area contributed by atoms with Gasteiger partial charge in [0.05, 0.1) is 19.1 Å². The third kappa shape index (κ3) is 2.94. The molecular formula is C18H15NO5. The summed E-state index contributed by atoms with van der Waals surface area (Å²) in [5.74, 6) is 2.19. The molecule has 0 atom stereocenters. The van der Waals surface area contributed by atoms with E-state index < -0.39 is 4.92 Å². The molecule has 0 unspecified atom stereocenters. The molecule has 0 aliphatic rings. The van der Waals surface area contributed by atoms with Crippen molar-refractivity contribution >= 4 is 5.69 Å². The van der Waals surface area contributed by atoms with Crippen molar-refractivity contribution in [3.63, 3.8) is 0 Å². The highest BCUT2D eigenvalue weighted by Gasteiger charge is 2.17. The minimum Gasteiger partial charge on any atom is -0.497 e. The van der Waals surface area contributed by atoms with Gasteiger partial charge in [0, 0.05) is 17.2 Å². The first-order valence-electron chi connectivity index (χ1n) is 7.19. The van der Waals surface area contributed by atoms with Gasteiger partial charge in [0.15, 0.2) is 5.75 Å². The maximum atomic E-state index is 11.1. The number of hydrogen-bond donors (Lipinski definition) is 0. The lowest BCUT2D eigenvalue weighted by Gasteiger charge is -2.03. The summed E-state index contributed by atoms with van der Waals surface area (Å²) in [4.78, 5) is 10.7. The van der Waals surface area contributed by atoms with E-state index >= 15 is 0 Å². The first-order valence-corrected chi connectivity index (χ1v) is 7.19. The van der Waals surface area contributed by atoms with Crippen LogP contribution in [0.25, 0.3) is 22.6 Å². The molecule has 0 aliphatic carbocycles. The van der Waals surface area contributed by atoms with Crippen LogP contribution in [-0.2, 0) is 0 Å². The SMILES string of the molecule is COc1ccc(-c2ccc(-c3ccc(OC)c([N+](=O)[O-])c3)o2)cc1. The Balaban J connectivity index is 1.95. The van der Waals surface area contributed by atoms with E-state index in [9.17, 15) is 10.1 Å². The van der Waals surface area contributed by atoms with Gasteiger partial charge in [0.1, 0.15) is 17.3 Å². The van der Waals surface area contributed by atoms with Crippen molar-refractivity contribution in [1.29, 1.82) is 0 Å². The van der Waals surface area contributed by atoms with Crippen LogP contribution in [0.2, 0.25) is 0 Å². The Morgan fingerprint density at radius 1 is 0.875 bits per heavy atom. The molecule has 0 saturated carbocycles. The second-order valence-corrected chi connectivity index (χ2v) is 5.04. The molecule has 6 nitrogen and oxygen atoms in total. The minimum absolute atomic E-state index is 0.0996. The van der Waals surface area contributed by atoms with E-state index in [2.05, 4.69) is 0 Å². The van der Waals surface area contributed by atoms with Gasteiger partial charge in [0.2, 0.25) is 0 Å². The lowest BCUT2D eigenvalue weighted by atomic mass is 10.1. The Morgan fingerprint density at radius 3 is 2.08 bits per heavy atom. The second-order valence-electron chi connectivity index (χ2n) is 5.04. The summed E-state index contributed by atoms with van der Waals surface area (Å²) >= 11 is 0. The fourth-order valence-electron chi connectivity index (χ4n) is 2.39. The zero-order valence-corrected chi connectivity index (χ0v) is 13.2. The number of benzene rings is 2. The molecule has 0 radical (unpaired) electrons. The van der Waals surface area contributed by atoms with Gasteiger partial charge in [-0.1, -0.05) is 0 Å². The van der Waals surface area contributed by atoms with Crippen LogP contribution in [0.4, 0.5) is 5.69 Å². The second kappa shape index (κ2) is 6.45. The number of nitrogens with zero attached hydrogens (tertiary/aromatic N) is 1. The first kappa shape index (κ1) is 15.6. The zero-order chi connectivity index (χ0) is 17.1. The fraction of sp³-hybridized carbons (Fsp3) is 0.111. The summed E-state index contributed by atoms with van der Waals surface area (Å²) in [6, 6.07) is 15.8. The highest BCUT2D eigenvalue weighted by Crippen LogP contribution is 2.34. The third-order valence-electron chi connectivity index (χ3n) is 3.64. The molecule has 0 N–H and O–H groups in total. The predicted octanol–water partition coefficient (Wildman–Crippen LogP) is 4.54. The number of nitro groups is 1. The Bertz CT molecular complexity index is 867. The summed E-state index contributed by atoms with van der Waals surface area (Å²) in [5, 5.41) is 11.1. The molecule has 2 aromatic carbocycles. The van der Waals surface area contributed by atoms with Crippen molar-refractivity contribution in [3.05, 3.63) is 64.7 Å². The molecular weight excluding hydrogens is 310 g/mol.